The minimum absolute atomic E-state index is 0.115. The number of ketones is 1. The molecule has 4 fully saturated rings. The highest BCUT2D eigenvalue weighted by Crippen LogP contribution is 2.68. The summed E-state index contributed by atoms with van der Waals surface area (Å²) in [4.78, 5) is 25.5. The zero-order valence-electron chi connectivity index (χ0n) is 22.6. The molecule has 0 aromatic rings. The number of esters is 1. The fourth-order valence-electron chi connectivity index (χ4n) is 9.18. The summed E-state index contributed by atoms with van der Waals surface area (Å²) in [6, 6.07) is 0. The number of fused-ring (bicyclic) bond motifs is 5. The molecule has 1 N–H and O–H groups in total. The number of carbonyl (C=O) groups is 2. The van der Waals surface area contributed by atoms with E-state index < -0.39 is 14.1 Å². The van der Waals surface area contributed by atoms with Crippen molar-refractivity contribution in [1.29, 1.82) is 0 Å². The maximum atomic E-state index is 13.8. The molecule has 0 aromatic heterocycles. The van der Waals surface area contributed by atoms with Gasteiger partial charge in [0, 0.05) is 31.6 Å². The van der Waals surface area contributed by atoms with E-state index in [9.17, 15) is 14.7 Å². The molecular weight excluding hydrogens is 444 g/mol. The van der Waals surface area contributed by atoms with Gasteiger partial charge in [-0.15, -0.1) is 0 Å². The highest BCUT2D eigenvalue weighted by atomic mass is 28.4. The fraction of sp³-hybridized carbons (Fsp3) is 0.929. The molecule has 5 nitrogen and oxygen atoms in total. The topological polar surface area (TPSA) is 72.8 Å². The van der Waals surface area contributed by atoms with Gasteiger partial charge in [0.25, 0.3) is 0 Å². The van der Waals surface area contributed by atoms with Crippen molar-refractivity contribution in [2.75, 3.05) is 7.11 Å². The first kappa shape index (κ1) is 26.3. The molecule has 4 rings (SSSR count). The van der Waals surface area contributed by atoms with Crippen LogP contribution in [0, 0.1) is 46.3 Å². The second kappa shape index (κ2) is 8.99. The molecule has 6 heteroatoms. The monoisotopic (exact) mass is 492 g/mol. The zero-order chi connectivity index (χ0) is 25.1. The van der Waals surface area contributed by atoms with Crippen LogP contribution >= 0.6 is 0 Å². The molecule has 9 atom stereocenters. The molecule has 0 radical (unpaired) electrons. The molecule has 0 spiro atoms. The number of Topliss-reactive ketones (excluding diaryl/α,β-unsaturated/α-hetero) is 1. The van der Waals surface area contributed by atoms with E-state index in [-0.39, 0.29) is 28.6 Å². The predicted octanol–water partition coefficient (Wildman–Crippen LogP) is 5.95. The van der Waals surface area contributed by atoms with Gasteiger partial charge in [-0.2, -0.15) is 0 Å². The van der Waals surface area contributed by atoms with Crippen LogP contribution in [0.3, 0.4) is 0 Å². The van der Waals surface area contributed by atoms with Crippen molar-refractivity contribution in [2.45, 2.75) is 110 Å². The molecule has 0 saturated heterocycles. The van der Waals surface area contributed by atoms with E-state index in [4.69, 9.17) is 9.16 Å². The Labute approximate surface area is 207 Å². The van der Waals surface area contributed by atoms with Gasteiger partial charge in [-0.05, 0) is 98.6 Å². The molecule has 4 saturated carbocycles. The molecule has 0 aromatic carbocycles. The second-order valence-electron chi connectivity index (χ2n) is 13.8. The van der Waals surface area contributed by atoms with Gasteiger partial charge in [0.1, 0.15) is 5.78 Å². The lowest BCUT2D eigenvalue weighted by Crippen LogP contribution is -2.60. The summed E-state index contributed by atoms with van der Waals surface area (Å²) in [5.41, 5.74) is 0.301. The Morgan fingerprint density at radius 3 is 2.41 bits per heavy atom. The third kappa shape index (κ3) is 4.56. The number of aliphatic hydroxyl groups is 1. The lowest BCUT2D eigenvalue weighted by atomic mass is 9.44. The van der Waals surface area contributed by atoms with Crippen LogP contribution in [0.25, 0.3) is 0 Å². The number of rotatable bonds is 6. The molecule has 0 unspecified atom stereocenters. The normalized spacial score (nSPS) is 45.2. The molecule has 0 amide bonds. The number of hydrogen-bond donors (Lipinski definition) is 1. The summed E-state index contributed by atoms with van der Waals surface area (Å²) in [6.45, 7) is 13.6. The van der Waals surface area contributed by atoms with Gasteiger partial charge in [0.2, 0.25) is 0 Å². The van der Waals surface area contributed by atoms with E-state index >= 15 is 0 Å². The lowest BCUT2D eigenvalue weighted by Gasteiger charge is -2.61. The smallest absolute Gasteiger partial charge is 0.305 e. The van der Waals surface area contributed by atoms with Gasteiger partial charge in [-0.3, -0.25) is 9.59 Å². The first-order chi connectivity index (χ1) is 15.7. The average Bonchev–Trinajstić information content (AvgIpc) is 3.09. The third-order valence-electron chi connectivity index (χ3n) is 10.8. The van der Waals surface area contributed by atoms with Gasteiger partial charge in [-0.25, -0.2) is 0 Å². The van der Waals surface area contributed by atoms with Crippen LogP contribution in [0.1, 0.15) is 85.0 Å². The first-order valence-corrected chi connectivity index (χ1v) is 17.2. The Bertz CT molecular complexity index is 807. The third-order valence-corrected chi connectivity index (χ3v) is 11.8. The van der Waals surface area contributed by atoms with Crippen LogP contribution in [0.15, 0.2) is 0 Å². The van der Waals surface area contributed by atoms with Crippen LogP contribution in [-0.2, 0) is 18.8 Å². The highest BCUT2D eigenvalue weighted by Gasteiger charge is 2.64. The number of carbonyl (C=O) groups excluding carboxylic acids is 2. The zero-order valence-corrected chi connectivity index (χ0v) is 23.6. The summed E-state index contributed by atoms with van der Waals surface area (Å²) in [5, 5.41) is 11.3. The van der Waals surface area contributed by atoms with E-state index in [0.717, 1.165) is 25.7 Å². The van der Waals surface area contributed by atoms with Crippen LogP contribution in [0.4, 0.5) is 0 Å². The Morgan fingerprint density at radius 2 is 1.76 bits per heavy atom. The quantitative estimate of drug-likeness (QED) is 0.282. The number of methoxy groups -OCH3 is 1. The summed E-state index contributed by atoms with van der Waals surface area (Å²) in [6.07, 6.45) is 8.82. The van der Waals surface area contributed by atoms with Crippen molar-refractivity contribution in [2.24, 2.45) is 46.3 Å². The standard InChI is InChI=1S/C28H48O5Si/c1-18(8-11-24(30)32-4)20-9-10-21-25-22(12-13-27(20,21)3)26(2)14-15-28(31,33-34(5,6)7)17-19(26)16-23(25)29/h18-22,25,31H,8-17H2,1-7H3/t18-,19-,20-,21+,22+,25+,26+,27-,28+/m1/s1. The lowest BCUT2D eigenvalue weighted by molar-refractivity contribution is -0.220. The molecule has 194 valence electrons. The summed E-state index contributed by atoms with van der Waals surface area (Å²) in [5.74, 6) is 1.59. The molecule has 0 bridgehead atoms. The van der Waals surface area contributed by atoms with Crippen molar-refractivity contribution >= 4 is 20.1 Å². The number of hydrogen-bond acceptors (Lipinski definition) is 5. The second-order valence-corrected chi connectivity index (χ2v) is 18.2. The van der Waals surface area contributed by atoms with Gasteiger partial charge in [0.05, 0.1) is 7.11 Å². The maximum Gasteiger partial charge on any atom is 0.305 e. The van der Waals surface area contributed by atoms with E-state index in [1.54, 1.807) is 0 Å². The minimum Gasteiger partial charge on any atom is -0.469 e. The maximum absolute atomic E-state index is 13.8. The Morgan fingerprint density at radius 1 is 1.09 bits per heavy atom. The average molecular weight is 493 g/mol. The van der Waals surface area contributed by atoms with Crippen molar-refractivity contribution in [3.05, 3.63) is 0 Å². The van der Waals surface area contributed by atoms with Crippen molar-refractivity contribution in [3.63, 3.8) is 0 Å². The van der Waals surface area contributed by atoms with Crippen LogP contribution < -0.4 is 0 Å². The summed E-state index contributed by atoms with van der Waals surface area (Å²) >= 11 is 0. The molecule has 0 aliphatic heterocycles. The van der Waals surface area contributed by atoms with Gasteiger partial charge in [0.15, 0.2) is 14.1 Å². The Hall–Kier alpha value is -0.723. The van der Waals surface area contributed by atoms with Crippen molar-refractivity contribution in [3.8, 4) is 0 Å². The van der Waals surface area contributed by atoms with Crippen LogP contribution in [-0.4, -0.2) is 38.1 Å². The Kier molecular flexibility index (Phi) is 6.96. The Balaban J connectivity index is 1.51. The van der Waals surface area contributed by atoms with Crippen molar-refractivity contribution in [1.82, 2.24) is 0 Å². The van der Waals surface area contributed by atoms with Crippen molar-refractivity contribution < 1.29 is 23.9 Å². The number of ether oxygens (including phenoxy) is 1. The van der Waals surface area contributed by atoms with E-state index in [1.807, 2.05) is 0 Å². The van der Waals surface area contributed by atoms with Gasteiger partial charge < -0.3 is 14.3 Å². The van der Waals surface area contributed by atoms with E-state index in [0.29, 0.717) is 55.1 Å². The summed E-state index contributed by atoms with van der Waals surface area (Å²) < 4.78 is 11.1. The van der Waals surface area contributed by atoms with E-state index in [2.05, 4.69) is 40.4 Å². The first-order valence-electron chi connectivity index (χ1n) is 13.7. The predicted molar refractivity (Wildman–Crippen MR) is 135 cm³/mol. The van der Waals surface area contributed by atoms with Crippen LogP contribution in [0.5, 0.6) is 0 Å². The largest absolute Gasteiger partial charge is 0.469 e. The van der Waals surface area contributed by atoms with Gasteiger partial charge in [-0.1, -0.05) is 20.8 Å². The van der Waals surface area contributed by atoms with E-state index in [1.165, 1.54) is 20.0 Å². The SMILES string of the molecule is COC(=O)CC[C@@H](C)[C@H]1CC[C@H]2[C@@H]3C(=O)C[C@@H]4C[C@@](O)(O[Si](C)(C)C)CC[C@]4(C)[C@H]3CC[C@]12C. The highest BCUT2D eigenvalue weighted by molar-refractivity contribution is 6.69. The molecule has 34 heavy (non-hydrogen) atoms. The minimum atomic E-state index is -1.88. The summed E-state index contributed by atoms with van der Waals surface area (Å²) in [7, 11) is -0.411. The fourth-order valence-corrected chi connectivity index (χ4v) is 10.5. The van der Waals surface area contributed by atoms with Gasteiger partial charge >= 0.3 is 5.97 Å². The molecule has 0 heterocycles. The molecular formula is C28H48O5Si. The molecule has 4 aliphatic carbocycles. The molecule has 4 aliphatic rings. The van der Waals surface area contributed by atoms with Crippen LogP contribution in [0.2, 0.25) is 19.6 Å².